The highest BCUT2D eigenvalue weighted by Crippen LogP contribution is 2.30. The number of nitrogens with one attached hydrogen (secondary N) is 1. The molecular formula is C22H29N3O5S. The first kappa shape index (κ1) is 22.9. The van der Waals surface area contributed by atoms with Crippen molar-refractivity contribution >= 4 is 27.3 Å². The van der Waals surface area contributed by atoms with E-state index in [1.54, 1.807) is 17.0 Å². The van der Waals surface area contributed by atoms with Crippen molar-refractivity contribution in [1.29, 1.82) is 0 Å². The van der Waals surface area contributed by atoms with E-state index in [9.17, 15) is 23.4 Å². The zero-order valence-electron chi connectivity index (χ0n) is 17.7. The number of carbonyl (C=O) groups is 1. The molecule has 31 heavy (non-hydrogen) atoms. The second-order valence-corrected chi connectivity index (χ2v) is 10.1. The lowest BCUT2D eigenvalue weighted by Gasteiger charge is -2.39. The summed E-state index contributed by atoms with van der Waals surface area (Å²) in [5.74, 6) is -0.0809. The molecule has 0 saturated carbocycles. The molecule has 2 aromatic rings. The number of carbonyl (C=O) groups excluding carboxylic acids is 1. The number of phenolic OH excluding ortho intramolecular Hbond substituents is 1. The summed E-state index contributed by atoms with van der Waals surface area (Å²) in [5, 5.41) is 20.3. The Morgan fingerprint density at radius 1 is 1.16 bits per heavy atom. The van der Waals surface area contributed by atoms with Gasteiger partial charge >= 0.3 is 0 Å². The molecule has 0 bridgehead atoms. The fraction of sp³-hybridized carbons (Fsp3) is 0.409. The van der Waals surface area contributed by atoms with Gasteiger partial charge in [-0.05, 0) is 61.6 Å². The molecule has 0 radical (unpaired) electrons. The molecule has 2 aromatic carbocycles. The van der Waals surface area contributed by atoms with Crippen LogP contribution >= 0.6 is 0 Å². The van der Waals surface area contributed by atoms with E-state index >= 15 is 0 Å². The molecule has 0 aliphatic carbocycles. The van der Waals surface area contributed by atoms with Crippen LogP contribution in [0.1, 0.15) is 43.5 Å². The summed E-state index contributed by atoms with van der Waals surface area (Å²) >= 11 is 0. The highest BCUT2D eigenvalue weighted by molar-refractivity contribution is 7.92. The van der Waals surface area contributed by atoms with Crippen LogP contribution in [0.5, 0.6) is 5.75 Å². The molecule has 0 atom stereocenters. The fourth-order valence-corrected chi connectivity index (χ4v) is 5.14. The van der Waals surface area contributed by atoms with Crippen molar-refractivity contribution in [3.8, 4) is 5.75 Å². The number of nitrogens with two attached hydrogens (primary N) is 1. The maximum atomic E-state index is 12.8. The Morgan fingerprint density at radius 2 is 1.77 bits per heavy atom. The first-order chi connectivity index (χ1) is 14.5. The van der Waals surface area contributed by atoms with E-state index in [1.165, 1.54) is 30.3 Å². The monoisotopic (exact) mass is 447 g/mol. The number of phenols is 1. The molecule has 1 aliphatic heterocycles. The van der Waals surface area contributed by atoms with Gasteiger partial charge in [-0.2, -0.15) is 0 Å². The van der Waals surface area contributed by atoms with Crippen LogP contribution in [0.4, 0.5) is 11.4 Å². The molecule has 0 unspecified atom stereocenters. The number of anilines is 2. The second kappa shape index (κ2) is 8.76. The molecule has 5 N–H and O–H groups in total. The van der Waals surface area contributed by atoms with Crippen LogP contribution in [0.15, 0.2) is 47.4 Å². The van der Waals surface area contributed by atoms with Crippen molar-refractivity contribution in [2.75, 3.05) is 23.5 Å². The average Bonchev–Trinajstić information content (AvgIpc) is 2.69. The van der Waals surface area contributed by atoms with Gasteiger partial charge in [0.25, 0.3) is 15.9 Å². The van der Waals surface area contributed by atoms with Gasteiger partial charge in [-0.15, -0.1) is 0 Å². The van der Waals surface area contributed by atoms with Crippen molar-refractivity contribution < 1.29 is 23.4 Å². The zero-order chi connectivity index (χ0) is 22.8. The predicted molar refractivity (Wildman–Crippen MR) is 119 cm³/mol. The van der Waals surface area contributed by atoms with Gasteiger partial charge in [-0.25, -0.2) is 8.42 Å². The maximum Gasteiger partial charge on any atom is 0.264 e. The van der Waals surface area contributed by atoms with E-state index in [1.807, 2.05) is 0 Å². The van der Waals surface area contributed by atoms with Crippen LogP contribution in [-0.2, 0) is 10.0 Å². The number of aromatic hydroxyl groups is 1. The molecule has 1 aliphatic rings. The van der Waals surface area contributed by atoms with Crippen molar-refractivity contribution in [3.63, 3.8) is 0 Å². The number of piperidine rings is 1. The van der Waals surface area contributed by atoms with Crippen molar-refractivity contribution in [3.05, 3.63) is 48.0 Å². The SMILES string of the molecule is CC(C)CC1(O)CCN(C(=O)c2ccc(NS(=O)(=O)c3cccc(O)c3N)cc2)CC1. The molecule has 0 spiro atoms. The summed E-state index contributed by atoms with van der Waals surface area (Å²) < 4.78 is 27.6. The molecule has 9 heteroatoms. The summed E-state index contributed by atoms with van der Waals surface area (Å²) in [6.07, 6.45) is 1.80. The van der Waals surface area contributed by atoms with Crippen molar-refractivity contribution in [2.24, 2.45) is 5.92 Å². The molecule has 3 rings (SSSR count). The number of hydrogen-bond donors (Lipinski definition) is 4. The molecule has 168 valence electrons. The standard InChI is InChI=1S/C22H29N3O5S/c1-15(2)14-22(28)10-12-25(13-11-22)21(27)16-6-8-17(9-7-16)24-31(29,30)19-5-3-4-18(26)20(19)23/h3-9,15,24,26,28H,10-14,23H2,1-2H3. The Bertz CT molecular complexity index is 1040. The Hall–Kier alpha value is -2.78. The van der Waals surface area contributed by atoms with Crippen LogP contribution in [0, 0.1) is 5.92 Å². The van der Waals surface area contributed by atoms with Gasteiger partial charge in [-0.1, -0.05) is 19.9 Å². The Balaban J connectivity index is 1.66. The Labute approximate surface area is 182 Å². The van der Waals surface area contributed by atoms with Crippen LogP contribution in [-0.4, -0.2) is 48.1 Å². The minimum Gasteiger partial charge on any atom is -0.506 e. The fourth-order valence-electron chi connectivity index (χ4n) is 3.93. The van der Waals surface area contributed by atoms with Gasteiger partial charge < -0.3 is 20.8 Å². The minimum atomic E-state index is -4.00. The van der Waals surface area contributed by atoms with Gasteiger partial charge in [-0.3, -0.25) is 9.52 Å². The number of benzene rings is 2. The van der Waals surface area contributed by atoms with Gasteiger partial charge in [0.05, 0.1) is 11.3 Å². The second-order valence-electron chi connectivity index (χ2n) is 8.49. The van der Waals surface area contributed by atoms with Crippen molar-refractivity contribution in [2.45, 2.75) is 43.6 Å². The number of likely N-dealkylation sites (tertiary alicyclic amines) is 1. The van der Waals surface area contributed by atoms with Crippen LogP contribution < -0.4 is 10.5 Å². The Kier molecular flexibility index (Phi) is 6.47. The lowest BCUT2D eigenvalue weighted by atomic mass is 9.84. The molecule has 1 heterocycles. The number of nitrogen functional groups attached to an aromatic ring is 1. The van der Waals surface area contributed by atoms with Gasteiger partial charge in [0.15, 0.2) is 0 Å². The predicted octanol–water partition coefficient (Wildman–Crippen LogP) is 2.79. The highest BCUT2D eigenvalue weighted by atomic mass is 32.2. The third-order valence-corrected chi connectivity index (χ3v) is 6.93. The highest BCUT2D eigenvalue weighted by Gasteiger charge is 2.34. The van der Waals surface area contributed by atoms with E-state index in [-0.39, 0.29) is 27.9 Å². The summed E-state index contributed by atoms with van der Waals surface area (Å²) in [6, 6.07) is 10.1. The zero-order valence-corrected chi connectivity index (χ0v) is 18.5. The lowest BCUT2D eigenvalue weighted by molar-refractivity contribution is -0.0311. The summed E-state index contributed by atoms with van der Waals surface area (Å²) in [4.78, 5) is 14.3. The summed E-state index contributed by atoms with van der Waals surface area (Å²) in [7, 11) is -4.00. The number of nitrogens with zero attached hydrogens (tertiary/aromatic N) is 1. The normalized spacial score (nSPS) is 16.3. The van der Waals surface area contributed by atoms with E-state index in [4.69, 9.17) is 5.73 Å². The first-order valence-electron chi connectivity index (χ1n) is 10.2. The average molecular weight is 448 g/mol. The van der Waals surface area contributed by atoms with Crippen molar-refractivity contribution in [1.82, 2.24) is 4.90 Å². The largest absolute Gasteiger partial charge is 0.506 e. The smallest absolute Gasteiger partial charge is 0.264 e. The summed E-state index contributed by atoms with van der Waals surface area (Å²) in [5.41, 5.74) is 5.43. The molecule has 1 fully saturated rings. The number of rotatable bonds is 6. The molecule has 1 amide bonds. The molecule has 8 nitrogen and oxygen atoms in total. The maximum absolute atomic E-state index is 12.8. The lowest BCUT2D eigenvalue weighted by Crippen LogP contribution is -2.47. The first-order valence-corrected chi connectivity index (χ1v) is 11.7. The van der Waals surface area contributed by atoms with E-state index in [0.717, 1.165) is 0 Å². The van der Waals surface area contributed by atoms with Crippen LogP contribution in [0.25, 0.3) is 0 Å². The molecule has 1 saturated heterocycles. The van der Waals surface area contributed by atoms with Crippen LogP contribution in [0.3, 0.4) is 0 Å². The van der Waals surface area contributed by atoms with E-state index in [0.29, 0.717) is 43.8 Å². The van der Waals surface area contributed by atoms with Gasteiger partial charge in [0, 0.05) is 24.3 Å². The van der Waals surface area contributed by atoms with Gasteiger partial charge in [0.1, 0.15) is 10.6 Å². The number of aliphatic hydroxyl groups is 1. The minimum absolute atomic E-state index is 0.154. The topological polar surface area (TPSA) is 133 Å². The quantitative estimate of drug-likeness (QED) is 0.398. The summed E-state index contributed by atoms with van der Waals surface area (Å²) in [6.45, 7) is 5.10. The Morgan fingerprint density at radius 3 is 2.35 bits per heavy atom. The number of amides is 1. The molecular weight excluding hydrogens is 418 g/mol. The number of hydrogen-bond acceptors (Lipinski definition) is 6. The van der Waals surface area contributed by atoms with E-state index < -0.39 is 15.6 Å². The molecule has 0 aromatic heterocycles. The number of sulfonamides is 1. The van der Waals surface area contributed by atoms with Gasteiger partial charge in [0.2, 0.25) is 0 Å². The van der Waals surface area contributed by atoms with Crippen LogP contribution in [0.2, 0.25) is 0 Å². The van der Waals surface area contributed by atoms with E-state index in [2.05, 4.69) is 18.6 Å². The number of para-hydroxylation sites is 1. The third-order valence-electron chi connectivity index (χ3n) is 5.49. The third kappa shape index (κ3) is 5.29.